The van der Waals surface area contributed by atoms with E-state index in [1.54, 1.807) is 18.3 Å². The van der Waals surface area contributed by atoms with E-state index in [-0.39, 0.29) is 24.3 Å². The fraction of sp³-hybridized carbons (Fsp3) is 0.345. The Labute approximate surface area is 240 Å². The average molecular weight is 604 g/mol. The Balaban J connectivity index is 1.28. The minimum atomic E-state index is -4.86. The predicted molar refractivity (Wildman–Crippen MR) is 138 cm³/mol. The van der Waals surface area contributed by atoms with Crippen LogP contribution in [0.2, 0.25) is 0 Å². The van der Waals surface area contributed by atoms with Gasteiger partial charge in [-0.3, -0.25) is 19.4 Å². The molecule has 0 unspecified atom stereocenters. The van der Waals surface area contributed by atoms with Crippen LogP contribution in [0.25, 0.3) is 0 Å². The molecule has 3 aliphatic rings. The Morgan fingerprint density at radius 2 is 1.86 bits per heavy atom. The van der Waals surface area contributed by atoms with Crippen molar-refractivity contribution in [3.8, 4) is 0 Å². The average Bonchev–Trinajstić information content (AvgIpc) is 3.47. The van der Waals surface area contributed by atoms with Crippen LogP contribution in [-0.4, -0.2) is 57.4 Å². The third-order valence-electron chi connectivity index (χ3n) is 8.52. The number of pyridine rings is 2. The number of alkyl halides is 3. The molecule has 3 amide bonds. The first kappa shape index (κ1) is 28.6. The molecule has 3 aromatic rings. The lowest BCUT2D eigenvalue weighted by molar-refractivity contribution is -0.170. The predicted octanol–water partition coefficient (Wildman–Crippen LogP) is 3.95. The fourth-order valence-corrected chi connectivity index (χ4v) is 6.43. The van der Waals surface area contributed by atoms with Crippen molar-refractivity contribution in [1.82, 2.24) is 20.2 Å². The number of benzene rings is 1. The van der Waals surface area contributed by atoms with Crippen LogP contribution in [0.4, 0.5) is 32.2 Å². The zero-order valence-corrected chi connectivity index (χ0v) is 22.4. The summed E-state index contributed by atoms with van der Waals surface area (Å²) < 4.78 is 83.8. The Kier molecular flexibility index (Phi) is 6.69. The van der Waals surface area contributed by atoms with Crippen LogP contribution in [-0.2, 0) is 27.8 Å². The van der Waals surface area contributed by atoms with Crippen LogP contribution in [0.15, 0.2) is 42.7 Å². The quantitative estimate of drug-likeness (QED) is 0.348. The van der Waals surface area contributed by atoms with Gasteiger partial charge in [0, 0.05) is 47.6 Å². The molecule has 6 rings (SSSR count). The van der Waals surface area contributed by atoms with E-state index in [0.29, 0.717) is 39.7 Å². The number of carbonyl (C=O) groups is 3. The Hall–Kier alpha value is -4.49. The summed E-state index contributed by atoms with van der Waals surface area (Å²) >= 11 is 0. The van der Waals surface area contributed by atoms with E-state index in [0.717, 1.165) is 0 Å². The molecule has 1 fully saturated rings. The Morgan fingerprint density at radius 1 is 1.12 bits per heavy atom. The topological polar surface area (TPSA) is 104 Å². The molecule has 1 aromatic carbocycles. The minimum absolute atomic E-state index is 0.0333. The molecule has 2 aromatic heterocycles. The summed E-state index contributed by atoms with van der Waals surface area (Å²) in [5.74, 6) is -7.38. The lowest BCUT2D eigenvalue weighted by Crippen LogP contribution is -2.60. The highest BCUT2D eigenvalue weighted by Crippen LogP contribution is 2.46. The van der Waals surface area contributed by atoms with E-state index < -0.39 is 77.4 Å². The number of halogens is 6. The summed E-state index contributed by atoms with van der Waals surface area (Å²) in [6.07, 6.45) is -2.11. The van der Waals surface area contributed by atoms with E-state index in [4.69, 9.17) is 0 Å². The number of carbonyl (C=O) groups excluding carboxylic acids is 3. The SMILES string of the molecule is C[C@H]1[C@H](c2c(F)ccc(F)c2F)C[C@H](NC(=O)c2cnc3c(c2)C[C@@]2(C3)C(=O)Nc3ncccc32)C(=O)N1CC(F)(F)F. The first-order valence-electron chi connectivity index (χ1n) is 13.4. The maximum atomic E-state index is 14.7. The van der Waals surface area contributed by atoms with Crippen molar-refractivity contribution < 1.29 is 40.7 Å². The summed E-state index contributed by atoms with van der Waals surface area (Å²) in [5.41, 5.74) is 0.0460. The number of amides is 3. The van der Waals surface area contributed by atoms with Crippen molar-refractivity contribution in [3.05, 3.63) is 88.1 Å². The summed E-state index contributed by atoms with van der Waals surface area (Å²) in [6, 6.07) is 3.19. The van der Waals surface area contributed by atoms with Crippen LogP contribution >= 0.6 is 0 Å². The molecule has 4 atom stereocenters. The number of rotatable bonds is 4. The van der Waals surface area contributed by atoms with Gasteiger partial charge in [0.15, 0.2) is 11.6 Å². The number of nitrogens with one attached hydrogen (secondary N) is 2. The van der Waals surface area contributed by atoms with Crippen molar-refractivity contribution in [2.24, 2.45) is 0 Å². The molecule has 4 heterocycles. The lowest BCUT2D eigenvalue weighted by Gasteiger charge is -2.43. The molecule has 14 heteroatoms. The number of fused-ring (bicyclic) bond motifs is 3. The maximum Gasteiger partial charge on any atom is 0.406 e. The van der Waals surface area contributed by atoms with Crippen LogP contribution in [0.3, 0.4) is 0 Å². The van der Waals surface area contributed by atoms with Crippen LogP contribution < -0.4 is 10.6 Å². The second-order valence-electron chi connectivity index (χ2n) is 11.1. The number of hydrogen-bond acceptors (Lipinski definition) is 5. The lowest BCUT2D eigenvalue weighted by atomic mass is 9.80. The van der Waals surface area contributed by atoms with Gasteiger partial charge in [0.2, 0.25) is 11.8 Å². The highest BCUT2D eigenvalue weighted by molar-refractivity contribution is 6.06. The summed E-state index contributed by atoms with van der Waals surface area (Å²) in [7, 11) is 0. The van der Waals surface area contributed by atoms with Crippen molar-refractivity contribution >= 4 is 23.5 Å². The Bertz CT molecular complexity index is 1680. The summed E-state index contributed by atoms with van der Waals surface area (Å²) in [4.78, 5) is 48.4. The molecule has 1 spiro atoms. The monoisotopic (exact) mass is 603 g/mol. The standard InChI is InChI=1S/C29H23F6N5O3/c1-13-16(22-18(30)4-5-19(31)23(22)32)8-20(26(42)40(13)12-29(33,34)35)38-25(41)15-7-14-9-28(10-21(14)37-11-15)17-3-2-6-36-24(17)39-27(28)43/h2-7,11,13,16,20H,8-10,12H2,1H3,(H,38,41)(H,36,39,43)/t13-,16+,20-,28-/m0/s1. The van der Waals surface area contributed by atoms with Gasteiger partial charge < -0.3 is 15.5 Å². The first-order chi connectivity index (χ1) is 20.3. The van der Waals surface area contributed by atoms with Crippen LogP contribution in [0.1, 0.15) is 52.0 Å². The zero-order chi connectivity index (χ0) is 30.8. The number of likely N-dealkylation sites (tertiary alicyclic amines) is 1. The van der Waals surface area contributed by atoms with Crippen molar-refractivity contribution in [1.29, 1.82) is 0 Å². The van der Waals surface area contributed by atoms with E-state index in [1.165, 1.54) is 19.2 Å². The summed E-state index contributed by atoms with van der Waals surface area (Å²) in [6.45, 7) is -0.557. The number of piperidine rings is 1. The van der Waals surface area contributed by atoms with E-state index >= 15 is 0 Å². The number of aromatic nitrogens is 2. The molecule has 1 saturated heterocycles. The van der Waals surface area contributed by atoms with Crippen molar-refractivity contribution in [3.63, 3.8) is 0 Å². The maximum absolute atomic E-state index is 14.7. The second kappa shape index (κ2) is 10.1. The molecule has 8 nitrogen and oxygen atoms in total. The van der Waals surface area contributed by atoms with Gasteiger partial charge in [-0.1, -0.05) is 6.07 Å². The van der Waals surface area contributed by atoms with E-state index in [9.17, 15) is 40.7 Å². The Morgan fingerprint density at radius 3 is 2.60 bits per heavy atom. The molecule has 43 heavy (non-hydrogen) atoms. The van der Waals surface area contributed by atoms with Gasteiger partial charge in [-0.05, 0) is 49.6 Å². The molecule has 0 radical (unpaired) electrons. The molecular formula is C29H23F6N5O3. The normalized spacial score (nSPS) is 24.6. The zero-order valence-electron chi connectivity index (χ0n) is 22.4. The van der Waals surface area contributed by atoms with E-state index in [1.807, 2.05) is 0 Å². The van der Waals surface area contributed by atoms with Gasteiger partial charge >= 0.3 is 6.18 Å². The van der Waals surface area contributed by atoms with Gasteiger partial charge in [-0.25, -0.2) is 18.2 Å². The highest BCUT2D eigenvalue weighted by Gasteiger charge is 2.52. The number of hydrogen-bond donors (Lipinski definition) is 2. The third-order valence-corrected chi connectivity index (χ3v) is 8.52. The van der Waals surface area contributed by atoms with Crippen molar-refractivity contribution in [2.45, 2.75) is 55.8 Å². The van der Waals surface area contributed by atoms with Gasteiger partial charge in [0.1, 0.15) is 24.2 Å². The summed E-state index contributed by atoms with van der Waals surface area (Å²) in [5, 5.41) is 5.14. The molecular weight excluding hydrogens is 580 g/mol. The largest absolute Gasteiger partial charge is 0.406 e. The van der Waals surface area contributed by atoms with Gasteiger partial charge in [-0.15, -0.1) is 0 Å². The smallest absolute Gasteiger partial charge is 0.340 e. The first-order valence-corrected chi connectivity index (χ1v) is 13.4. The second-order valence-corrected chi connectivity index (χ2v) is 11.1. The van der Waals surface area contributed by atoms with Crippen LogP contribution in [0.5, 0.6) is 0 Å². The molecule has 0 saturated carbocycles. The van der Waals surface area contributed by atoms with Crippen molar-refractivity contribution in [2.75, 3.05) is 11.9 Å². The minimum Gasteiger partial charge on any atom is -0.340 e. The van der Waals surface area contributed by atoms with Crippen LogP contribution in [0, 0.1) is 17.5 Å². The number of anilines is 1. The molecule has 224 valence electrons. The molecule has 2 N–H and O–H groups in total. The van der Waals surface area contributed by atoms with Gasteiger partial charge in [0.25, 0.3) is 5.91 Å². The molecule has 0 bridgehead atoms. The fourth-order valence-electron chi connectivity index (χ4n) is 6.43. The third kappa shape index (κ3) is 4.78. The molecule has 1 aliphatic carbocycles. The van der Waals surface area contributed by atoms with Gasteiger partial charge in [-0.2, -0.15) is 13.2 Å². The van der Waals surface area contributed by atoms with Gasteiger partial charge in [0.05, 0.1) is 11.0 Å². The highest BCUT2D eigenvalue weighted by atomic mass is 19.4. The number of nitrogens with zero attached hydrogens (tertiary/aromatic N) is 3. The molecule has 2 aliphatic heterocycles. The van der Waals surface area contributed by atoms with E-state index in [2.05, 4.69) is 20.6 Å².